The molecule has 0 aliphatic rings. The van der Waals surface area contributed by atoms with E-state index in [2.05, 4.69) is 15.8 Å². The average molecular weight is 650 g/mol. The minimum atomic E-state index is -0.676. The minimum Gasteiger partial charge on any atom is -0.423 e. The number of ether oxygens (including phenoxy) is 2. The van der Waals surface area contributed by atoms with Crippen LogP contribution in [-0.2, 0) is 9.59 Å². The van der Waals surface area contributed by atoms with Crippen LogP contribution < -0.4 is 20.2 Å². The molecule has 49 heavy (non-hydrogen) atoms. The molecule has 0 aliphatic heterocycles. The van der Waals surface area contributed by atoms with Crippen molar-refractivity contribution >= 4 is 47.8 Å². The molecule has 9 nitrogen and oxygen atoms in total. The molecule has 0 fully saturated rings. The highest BCUT2D eigenvalue weighted by atomic mass is 16.5. The number of anilines is 1. The smallest absolute Gasteiger partial charge is 0.336 e. The fourth-order valence-electron chi connectivity index (χ4n) is 4.40. The van der Waals surface area contributed by atoms with Crippen molar-refractivity contribution in [3.63, 3.8) is 0 Å². The molecule has 9 heteroatoms. The van der Waals surface area contributed by atoms with Gasteiger partial charge in [-0.05, 0) is 79.2 Å². The number of aryl methyl sites for hydroxylation is 1. The number of rotatable bonds is 11. The van der Waals surface area contributed by atoms with Gasteiger partial charge in [0.15, 0.2) is 0 Å². The maximum absolute atomic E-state index is 12.7. The lowest BCUT2D eigenvalue weighted by Crippen LogP contribution is -2.18. The fraction of sp³-hybridized carbons (Fsp3) is 0.0250. The third-order valence-electron chi connectivity index (χ3n) is 6.96. The number of benzene rings is 5. The first-order valence-corrected chi connectivity index (χ1v) is 15.2. The zero-order chi connectivity index (χ0) is 34.4. The zero-order valence-electron chi connectivity index (χ0n) is 26.4. The third-order valence-corrected chi connectivity index (χ3v) is 6.96. The largest absolute Gasteiger partial charge is 0.423 e. The molecule has 0 atom stereocenters. The molecule has 0 saturated heterocycles. The maximum Gasteiger partial charge on any atom is 0.336 e. The molecule has 5 aromatic rings. The van der Waals surface area contributed by atoms with Gasteiger partial charge in [0.25, 0.3) is 11.8 Å². The summed E-state index contributed by atoms with van der Waals surface area (Å²) in [5.74, 6) is -1.47. The predicted molar refractivity (Wildman–Crippen MR) is 189 cm³/mol. The lowest BCUT2D eigenvalue weighted by atomic mass is 10.1. The van der Waals surface area contributed by atoms with E-state index in [1.54, 1.807) is 91.0 Å². The fourth-order valence-corrected chi connectivity index (χ4v) is 4.40. The summed E-state index contributed by atoms with van der Waals surface area (Å²) in [5.41, 5.74) is 6.70. The van der Waals surface area contributed by atoms with Gasteiger partial charge in [-0.3, -0.25) is 9.59 Å². The van der Waals surface area contributed by atoms with Gasteiger partial charge >= 0.3 is 11.9 Å². The molecule has 0 bridgehead atoms. The Labute approximate surface area is 283 Å². The second kappa shape index (κ2) is 16.6. The van der Waals surface area contributed by atoms with Crippen LogP contribution in [0.5, 0.6) is 11.5 Å². The number of hydrazone groups is 1. The topological polar surface area (TPSA) is 123 Å². The highest BCUT2D eigenvalue weighted by Crippen LogP contribution is 2.21. The Bertz CT molecular complexity index is 2030. The van der Waals surface area contributed by atoms with Crippen molar-refractivity contribution in [3.8, 4) is 11.5 Å². The molecule has 0 aromatic heterocycles. The summed E-state index contributed by atoms with van der Waals surface area (Å²) in [6.07, 6.45) is 7.04. The molecule has 0 heterocycles. The summed E-state index contributed by atoms with van der Waals surface area (Å²) in [5, 5.41) is 6.81. The number of amides is 2. The van der Waals surface area contributed by atoms with Gasteiger partial charge < -0.3 is 14.8 Å². The van der Waals surface area contributed by atoms with Crippen LogP contribution in [0.25, 0.3) is 12.2 Å². The predicted octanol–water partition coefficient (Wildman–Crippen LogP) is 7.25. The Kier molecular flexibility index (Phi) is 11.4. The van der Waals surface area contributed by atoms with Gasteiger partial charge in [0.1, 0.15) is 11.5 Å². The van der Waals surface area contributed by atoms with Crippen LogP contribution >= 0.6 is 0 Å². The first-order valence-electron chi connectivity index (χ1n) is 15.2. The van der Waals surface area contributed by atoms with Crippen molar-refractivity contribution in [2.45, 2.75) is 6.92 Å². The molecule has 0 saturated carbocycles. The second-order valence-electron chi connectivity index (χ2n) is 10.6. The second-order valence-corrected chi connectivity index (χ2v) is 10.6. The van der Waals surface area contributed by atoms with Crippen molar-refractivity contribution in [2.75, 3.05) is 5.32 Å². The van der Waals surface area contributed by atoms with Gasteiger partial charge in [0.05, 0.1) is 6.21 Å². The van der Waals surface area contributed by atoms with Crippen molar-refractivity contribution < 1.29 is 28.7 Å². The summed E-state index contributed by atoms with van der Waals surface area (Å²) in [7, 11) is 0. The highest BCUT2D eigenvalue weighted by molar-refractivity contribution is 6.04. The minimum absolute atomic E-state index is 0.217. The zero-order valence-corrected chi connectivity index (χ0v) is 26.4. The summed E-state index contributed by atoms with van der Waals surface area (Å²) < 4.78 is 11.0. The number of carbonyl (C=O) groups is 4. The Morgan fingerprint density at radius 3 is 1.78 bits per heavy atom. The van der Waals surface area contributed by atoms with E-state index < -0.39 is 17.8 Å². The van der Waals surface area contributed by atoms with E-state index in [0.717, 1.165) is 11.1 Å². The van der Waals surface area contributed by atoms with Gasteiger partial charge in [-0.1, -0.05) is 78.4 Å². The monoisotopic (exact) mass is 649 g/mol. The first kappa shape index (κ1) is 33.5. The van der Waals surface area contributed by atoms with E-state index in [0.29, 0.717) is 27.9 Å². The summed E-state index contributed by atoms with van der Waals surface area (Å²) in [6.45, 7) is 1.94. The SMILES string of the molecule is Cc1ccc(C(=O)Nc2ccc(C(=O)N/N=C/c3ccccc3OC(=O)/C=C/c3ccccc3OC(=O)/C=C/c3ccccc3)cc2)cc1. The molecule has 2 N–H and O–H groups in total. The number of hydrogen-bond acceptors (Lipinski definition) is 7. The van der Waals surface area contributed by atoms with Crippen LogP contribution in [0.3, 0.4) is 0 Å². The lowest BCUT2D eigenvalue weighted by molar-refractivity contribution is -0.129. The lowest BCUT2D eigenvalue weighted by Gasteiger charge is -2.07. The molecule has 2 amide bonds. The van der Waals surface area contributed by atoms with Crippen molar-refractivity contribution in [1.29, 1.82) is 0 Å². The van der Waals surface area contributed by atoms with E-state index in [1.807, 2.05) is 49.4 Å². The number of esters is 2. The number of nitrogens with one attached hydrogen (secondary N) is 2. The van der Waals surface area contributed by atoms with Crippen molar-refractivity contribution in [2.24, 2.45) is 5.10 Å². The molecule has 0 unspecified atom stereocenters. The van der Waals surface area contributed by atoms with Crippen LogP contribution in [0.2, 0.25) is 0 Å². The number of carbonyl (C=O) groups excluding carboxylic acids is 4. The Morgan fingerprint density at radius 2 is 1.10 bits per heavy atom. The van der Waals surface area contributed by atoms with Gasteiger partial charge in [-0.15, -0.1) is 0 Å². The van der Waals surface area contributed by atoms with E-state index in [4.69, 9.17) is 9.47 Å². The van der Waals surface area contributed by atoms with Gasteiger partial charge in [-0.2, -0.15) is 5.10 Å². The number of para-hydroxylation sites is 2. The molecule has 242 valence electrons. The van der Waals surface area contributed by atoms with E-state index in [9.17, 15) is 19.2 Å². The molecule has 0 spiro atoms. The Hall–Kier alpha value is -6.87. The molecule has 5 rings (SSSR count). The van der Waals surface area contributed by atoms with E-state index >= 15 is 0 Å². The molecular formula is C40H31N3O6. The first-order chi connectivity index (χ1) is 23.8. The standard InChI is InChI=1S/C40H31N3O6/c1-28-15-18-31(19-16-28)39(46)42-34-23-20-32(21-24-34)40(47)43-41-27-33-12-6-8-14-36(33)49-38(45)26-22-30-11-5-7-13-35(30)48-37(44)25-17-29-9-3-2-4-10-29/h2-27H,1H3,(H,42,46)(H,43,47)/b25-17+,26-22+,41-27+. The van der Waals surface area contributed by atoms with Crippen molar-refractivity contribution in [1.82, 2.24) is 5.43 Å². The van der Waals surface area contributed by atoms with Crippen LogP contribution in [0.15, 0.2) is 145 Å². The summed E-state index contributed by atoms with van der Waals surface area (Å²) in [6, 6.07) is 36.4. The number of nitrogens with zero attached hydrogens (tertiary/aromatic N) is 1. The van der Waals surface area contributed by atoms with Gasteiger partial charge in [-0.25, -0.2) is 15.0 Å². The van der Waals surface area contributed by atoms with Gasteiger partial charge in [0, 0.05) is 40.1 Å². The van der Waals surface area contributed by atoms with E-state index in [-0.39, 0.29) is 17.4 Å². The molecule has 5 aromatic carbocycles. The third kappa shape index (κ3) is 10.1. The summed E-state index contributed by atoms with van der Waals surface area (Å²) in [4.78, 5) is 50.2. The van der Waals surface area contributed by atoms with Crippen LogP contribution in [0.1, 0.15) is 43.0 Å². The van der Waals surface area contributed by atoms with Crippen molar-refractivity contribution in [3.05, 3.63) is 173 Å². The Morgan fingerprint density at radius 1 is 0.571 bits per heavy atom. The quantitative estimate of drug-likeness (QED) is 0.0511. The molecular weight excluding hydrogens is 618 g/mol. The Balaban J connectivity index is 1.15. The normalized spacial score (nSPS) is 11.0. The van der Waals surface area contributed by atoms with Gasteiger partial charge in [0.2, 0.25) is 0 Å². The van der Waals surface area contributed by atoms with E-state index in [1.165, 1.54) is 24.4 Å². The average Bonchev–Trinajstić information content (AvgIpc) is 3.12. The highest BCUT2D eigenvalue weighted by Gasteiger charge is 2.10. The van der Waals surface area contributed by atoms with Crippen LogP contribution in [-0.4, -0.2) is 30.0 Å². The number of hydrogen-bond donors (Lipinski definition) is 2. The maximum atomic E-state index is 12.7. The molecule has 0 radical (unpaired) electrons. The van der Waals surface area contributed by atoms with Crippen LogP contribution in [0.4, 0.5) is 5.69 Å². The van der Waals surface area contributed by atoms with Crippen LogP contribution in [0, 0.1) is 6.92 Å². The molecule has 0 aliphatic carbocycles. The summed E-state index contributed by atoms with van der Waals surface area (Å²) >= 11 is 0.